The van der Waals surface area contributed by atoms with Crippen LogP contribution in [0.5, 0.6) is 11.5 Å². The largest absolute Gasteiger partial charge is 0.497 e. The van der Waals surface area contributed by atoms with Gasteiger partial charge in [0.15, 0.2) is 6.10 Å². The third-order valence-electron chi connectivity index (χ3n) is 3.86. The summed E-state index contributed by atoms with van der Waals surface area (Å²) in [5.74, 6) is -0.778. The number of rotatable bonds is 7. The average Bonchev–Trinajstić information content (AvgIpc) is 2.72. The molecule has 0 aliphatic carbocycles. The standard InChI is InChI=1S/C20H21NO7/c1-12(18(22)21-16-11-15(25-2)9-10-17(16)26-3)28-20(24)14-7-5-13(6-8-14)19(23)27-4/h5-12H,1-4H3,(H,21,22). The predicted octanol–water partition coefficient (Wildman–Crippen LogP) is 2.67. The summed E-state index contributed by atoms with van der Waals surface area (Å²) in [6.45, 7) is 1.45. The van der Waals surface area contributed by atoms with Crippen molar-refractivity contribution in [1.82, 2.24) is 0 Å². The van der Waals surface area contributed by atoms with Gasteiger partial charge in [-0.15, -0.1) is 0 Å². The molecule has 0 aliphatic heterocycles. The highest BCUT2D eigenvalue weighted by atomic mass is 16.5. The molecular weight excluding hydrogens is 366 g/mol. The van der Waals surface area contributed by atoms with E-state index >= 15 is 0 Å². The quantitative estimate of drug-likeness (QED) is 0.729. The van der Waals surface area contributed by atoms with Crippen LogP contribution in [0, 0.1) is 0 Å². The maximum atomic E-state index is 12.4. The van der Waals surface area contributed by atoms with Crippen LogP contribution in [0.2, 0.25) is 0 Å². The van der Waals surface area contributed by atoms with Gasteiger partial charge in [-0.3, -0.25) is 4.79 Å². The second-order valence-electron chi connectivity index (χ2n) is 5.67. The highest BCUT2D eigenvalue weighted by molar-refractivity contribution is 5.98. The van der Waals surface area contributed by atoms with E-state index in [2.05, 4.69) is 10.1 Å². The molecule has 0 saturated carbocycles. The monoisotopic (exact) mass is 387 g/mol. The van der Waals surface area contributed by atoms with Crippen LogP contribution < -0.4 is 14.8 Å². The minimum absolute atomic E-state index is 0.200. The Hall–Kier alpha value is -3.55. The van der Waals surface area contributed by atoms with Gasteiger partial charge in [0.2, 0.25) is 0 Å². The van der Waals surface area contributed by atoms with Crippen LogP contribution in [-0.2, 0) is 14.3 Å². The van der Waals surface area contributed by atoms with Crippen LogP contribution in [0.3, 0.4) is 0 Å². The molecule has 1 amide bonds. The molecule has 0 aliphatic rings. The minimum atomic E-state index is -1.07. The number of methoxy groups -OCH3 is 3. The number of hydrogen-bond donors (Lipinski definition) is 1. The Morgan fingerprint density at radius 1 is 0.857 bits per heavy atom. The van der Waals surface area contributed by atoms with Crippen molar-refractivity contribution < 1.29 is 33.3 Å². The van der Waals surface area contributed by atoms with Gasteiger partial charge in [-0.2, -0.15) is 0 Å². The van der Waals surface area contributed by atoms with Crippen molar-refractivity contribution in [3.63, 3.8) is 0 Å². The van der Waals surface area contributed by atoms with Crippen molar-refractivity contribution in [2.24, 2.45) is 0 Å². The summed E-state index contributed by atoms with van der Waals surface area (Å²) in [5.41, 5.74) is 0.887. The predicted molar refractivity (Wildman–Crippen MR) is 101 cm³/mol. The van der Waals surface area contributed by atoms with Gasteiger partial charge in [0.1, 0.15) is 11.5 Å². The van der Waals surface area contributed by atoms with Crippen molar-refractivity contribution in [2.45, 2.75) is 13.0 Å². The normalized spacial score (nSPS) is 11.1. The lowest BCUT2D eigenvalue weighted by molar-refractivity contribution is -0.123. The first kappa shape index (κ1) is 20.8. The molecule has 1 N–H and O–H groups in total. The van der Waals surface area contributed by atoms with Gasteiger partial charge in [0, 0.05) is 6.07 Å². The first-order valence-corrected chi connectivity index (χ1v) is 8.31. The van der Waals surface area contributed by atoms with E-state index in [1.807, 2.05) is 0 Å². The number of amides is 1. The fourth-order valence-electron chi connectivity index (χ4n) is 2.29. The molecule has 1 atom stereocenters. The van der Waals surface area contributed by atoms with Gasteiger partial charge in [0.25, 0.3) is 5.91 Å². The summed E-state index contributed by atoms with van der Waals surface area (Å²) in [4.78, 5) is 36.0. The van der Waals surface area contributed by atoms with Gasteiger partial charge in [-0.25, -0.2) is 9.59 Å². The summed E-state index contributed by atoms with van der Waals surface area (Å²) < 4.78 is 20.1. The van der Waals surface area contributed by atoms with E-state index in [0.717, 1.165) is 0 Å². The molecular formula is C20H21NO7. The van der Waals surface area contributed by atoms with Crippen LogP contribution in [0.4, 0.5) is 5.69 Å². The van der Waals surface area contributed by atoms with Gasteiger partial charge >= 0.3 is 11.9 Å². The first-order valence-electron chi connectivity index (χ1n) is 8.31. The molecule has 148 valence electrons. The van der Waals surface area contributed by atoms with Crippen molar-refractivity contribution in [2.75, 3.05) is 26.6 Å². The van der Waals surface area contributed by atoms with E-state index in [4.69, 9.17) is 14.2 Å². The van der Waals surface area contributed by atoms with Gasteiger partial charge < -0.3 is 24.3 Å². The number of carbonyl (C=O) groups excluding carboxylic acids is 3. The van der Waals surface area contributed by atoms with Crippen molar-refractivity contribution >= 4 is 23.5 Å². The molecule has 2 rings (SSSR count). The molecule has 0 saturated heterocycles. The molecule has 8 heteroatoms. The molecule has 2 aromatic carbocycles. The number of benzene rings is 2. The SMILES string of the molecule is COC(=O)c1ccc(C(=O)OC(C)C(=O)Nc2cc(OC)ccc2OC)cc1. The lowest BCUT2D eigenvalue weighted by Crippen LogP contribution is -2.30. The van der Waals surface area contributed by atoms with Gasteiger partial charge in [0.05, 0.1) is 38.1 Å². The summed E-state index contributed by atoms with van der Waals surface area (Å²) in [7, 11) is 4.24. The first-order chi connectivity index (χ1) is 13.4. The van der Waals surface area contributed by atoms with E-state index in [-0.39, 0.29) is 5.56 Å². The molecule has 2 aromatic rings. The highest BCUT2D eigenvalue weighted by Gasteiger charge is 2.21. The Balaban J connectivity index is 2.04. The van der Waals surface area contributed by atoms with E-state index in [1.165, 1.54) is 52.5 Å². The number of carbonyl (C=O) groups is 3. The molecule has 28 heavy (non-hydrogen) atoms. The fraction of sp³-hybridized carbons (Fsp3) is 0.250. The number of anilines is 1. The van der Waals surface area contributed by atoms with Crippen molar-refractivity contribution in [3.8, 4) is 11.5 Å². The Labute approximate surface area is 162 Å². The summed E-state index contributed by atoms with van der Waals surface area (Å²) in [5, 5.41) is 2.64. The van der Waals surface area contributed by atoms with Crippen LogP contribution in [-0.4, -0.2) is 45.3 Å². The van der Waals surface area contributed by atoms with Crippen LogP contribution in [0.25, 0.3) is 0 Å². The zero-order valence-electron chi connectivity index (χ0n) is 16.0. The molecule has 0 bridgehead atoms. The number of hydrogen-bond acceptors (Lipinski definition) is 7. The van der Waals surface area contributed by atoms with E-state index in [0.29, 0.717) is 22.7 Å². The Bertz CT molecular complexity index is 861. The van der Waals surface area contributed by atoms with Gasteiger partial charge in [-0.05, 0) is 43.3 Å². The number of ether oxygens (including phenoxy) is 4. The topological polar surface area (TPSA) is 100 Å². The van der Waals surface area contributed by atoms with E-state index in [1.54, 1.807) is 18.2 Å². The molecule has 0 spiro atoms. The Morgan fingerprint density at radius 3 is 2.00 bits per heavy atom. The lowest BCUT2D eigenvalue weighted by atomic mass is 10.1. The number of nitrogens with one attached hydrogen (secondary N) is 1. The smallest absolute Gasteiger partial charge is 0.338 e. The fourth-order valence-corrected chi connectivity index (χ4v) is 2.29. The van der Waals surface area contributed by atoms with Gasteiger partial charge in [-0.1, -0.05) is 0 Å². The zero-order chi connectivity index (χ0) is 20.7. The third kappa shape index (κ3) is 5.00. The van der Waals surface area contributed by atoms with Crippen molar-refractivity contribution in [1.29, 1.82) is 0 Å². The average molecular weight is 387 g/mol. The minimum Gasteiger partial charge on any atom is -0.497 e. The molecule has 0 heterocycles. The number of esters is 2. The third-order valence-corrected chi connectivity index (χ3v) is 3.86. The second kappa shape index (κ2) is 9.40. The lowest BCUT2D eigenvalue weighted by Gasteiger charge is -2.16. The molecule has 0 radical (unpaired) electrons. The Morgan fingerprint density at radius 2 is 1.46 bits per heavy atom. The molecule has 8 nitrogen and oxygen atoms in total. The van der Waals surface area contributed by atoms with E-state index < -0.39 is 23.9 Å². The summed E-state index contributed by atoms with van der Waals surface area (Å²) in [6.07, 6.45) is -1.07. The van der Waals surface area contributed by atoms with Crippen LogP contribution in [0.1, 0.15) is 27.6 Å². The second-order valence-corrected chi connectivity index (χ2v) is 5.67. The van der Waals surface area contributed by atoms with Crippen LogP contribution >= 0.6 is 0 Å². The Kier molecular flexibility index (Phi) is 6.97. The summed E-state index contributed by atoms with van der Waals surface area (Å²) >= 11 is 0. The summed E-state index contributed by atoms with van der Waals surface area (Å²) in [6, 6.07) is 10.7. The molecule has 1 unspecified atom stereocenters. The highest BCUT2D eigenvalue weighted by Crippen LogP contribution is 2.29. The van der Waals surface area contributed by atoms with Crippen LogP contribution in [0.15, 0.2) is 42.5 Å². The van der Waals surface area contributed by atoms with E-state index in [9.17, 15) is 14.4 Å². The maximum absolute atomic E-state index is 12.4. The molecule has 0 aromatic heterocycles. The zero-order valence-corrected chi connectivity index (χ0v) is 16.0. The molecule has 0 fully saturated rings. The maximum Gasteiger partial charge on any atom is 0.338 e. The van der Waals surface area contributed by atoms with Crippen molar-refractivity contribution in [3.05, 3.63) is 53.6 Å².